The molecule has 0 atom stereocenters. The Bertz CT molecular complexity index is 596. The number of anilines is 1. The van der Waals surface area contributed by atoms with Crippen LogP contribution in [0, 0.1) is 13.8 Å². The van der Waals surface area contributed by atoms with Crippen molar-refractivity contribution >= 4 is 11.7 Å². The molecule has 1 aromatic carbocycles. The van der Waals surface area contributed by atoms with Crippen LogP contribution in [0.5, 0.6) is 0 Å². The van der Waals surface area contributed by atoms with E-state index in [0.717, 1.165) is 11.3 Å². The third-order valence-corrected chi connectivity index (χ3v) is 2.84. The molecule has 3 N–H and O–H groups in total. The fourth-order valence-electron chi connectivity index (χ4n) is 1.68. The highest BCUT2D eigenvalue weighted by Gasteiger charge is 2.13. The zero-order chi connectivity index (χ0) is 13.8. The summed E-state index contributed by atoms with van der Waals surface area (Å²) in [6.45, 7) is 4.22. The number of carbonyl (C=O) groups is 1. The second-order valence-electron chi connectivity index (χ2n) is 4.30. The van der Waals surface area contributed by atoms with Crippen molar-refractivity contribution in [2.24, 2.45) is 5.73 Å². The first-order valence-corrected chi connectivity index (χ1v) is 6.01. The first-order valence-electron chi connectivity index (χ1n) is 6.01. The second-order valence-corrected chi connectivity index (χ2v) is 4.30. The normalized spacial score (nSPS) is 10.2. The number of hydrogen-bond donors (Lipinski definition) is 2. The fourth-order valence-corrected chi connectivity index (χ4v) is 1.68. The van der Waals surface area contributed by atoms with Gasteiger partial charge in [0.2, 0.25) is 0 Å². The lowest BCUT2D eigenvalue weighted by Gasteiger charge is -2.10. The molecule has 19 heavy (non-hydrogen) atoms. The quantitative estimate of drug-likeness (QED) is 0.874. The summed E-state index contributed by atoms with van der Waals surface area (Å²) < 4.78 is 0. The van der Waals surface area contributed by atoms with Gasteiger partial charge >= 0.3 is 0 Å². The van der Waals surface area contributed by atoms with Crippen LogP contribution in [0.2, 0.25) is 0 Å². The first-order chi connectivity index (χ1) is 9.08. The summed E-state index contributed by atoms with van der Waals surface area (Å²) in [7, 11) is 0. The van der Waals surface area contributed by atoms with Crippen molar-refractivity contribution in [1.82, 2.24) is 9.97 Å². The summed E-state index contributed by atoms with van der Waals surface area (Å²) in [5, 5.41) is 3.10. The van der Waals surface area contributed by atoms with E-state index in [1.165, 1.54) is 0 Å². The number of aryl methyl sites for hydroxylation is 2. The molecule has 0 aliphatic heterocycles. The van der Waals surface area contributed by atoms with Crippen molar-refractivity contribution in [3.63, 3.8) is 0 Å². The zero-order valence-corrected chi connectivity index (χ0v) is 11.0. The van der Waals surface area contributed by atoms with Gasteiger partial charge in [-0.25, -0.2) is 9.97 Å². The maximum absolute atomic E-state index is 11.4. The molecule has 2 aromatic rings. The number of nitrogens with two attached hydrogens (primary N) is 1. The molecule has 0 aliphatic carbocycles. The van der Waals surface area contributed by atoms with Gasteiger partial charge < -0.3 is 11.1 Å². The molecule has 0 radical (unpaired) electrons. The van der Waals surface area contributed by atoms with E-state index < -0.39 is 5.91 Å². The minimum absolute atomic E-state index is 0.180. The number of carbonyl (C=O) groups excluding carboxylic acids is 1. The van der Waals surface area contributed by atoms with Gasteiger partial charge in [-0.3, -0.25) is 4.79 Å². The van der Waals surface area contributed by atoms with E-state index in [1.807, 2.05) is 37.3 Å². The van der Waals surface area contributed by atoms with Crippen LogP contribution >= 0.6 is 0 Å². The summed E-state index contributed by atoms with van der Waals surface area (Å²) >= 11 is 0. The van der Waals surface area contributed by atoms with E-state index in [9.17, 15) is 4.79 Å². The Kier molecular flexibility index (Phi) is 3.75. The third kappa shape index (κ3) is 3.07. The van der Waals surface area contributed by atoms with Gasteiger partial charge in [-0.1, -0.05) is 30.3 Å². The minimum Gasteiger partial charge on any atom is -0.364 e. The monoisotopic (exact) mass is 256 g/mol. The molecule has 2 rings (SSSR count). The molecular weight excluding hydrogens is 240 g/mol. The molecule has 1 aromatic heterocycles. The SMILES string of the molecule is Cc1nc(NCc2ccccc2)c(C(N)=O)nc1C. The Balaban J connectivity index is 2.24. The summed E-state index contributed by atoms with van der Waals surface area (Å²) in [5.74, 6) is -0.148. The number of rotatable bonds is 4. The van der Waals surface area contributed by atoms with Gasteiger partial charge in [0.1, 0.15) is 0 Å². The van der Waals surface area contributed by atoms with Crippen LogP contribution < -0.4 is 11.1 Å². The molecule has 5 nitrogen and oxygen atoms in total. The molecular formula is C14H16N4O. The van der Waals surface area contributed by atoms with Crippen LogP contribution in [0.1, 0.15) is 27.4 Å². The lowest BCUT2D eigenvalue weighted by atomic mass is 10.2. The highest BCUT2D eigenvalue weighted by molar-refractivity contribution is 5.95. The molecule has 0 bridgehead atoms. The Labute approximate surface area is 111 Å². The lowest BCUT2D eigenvalue weighted by Crippen LogP contribution is -2.19. The van der Waals surface area contributed by atoms with E-state index in [4.69, 9.17) is 5.73 Å². The van der Waals surface area contributed by atoms with Crippen LogP contribution in [0.3, 0.4) is 0 Å². The van der Waals surface area contributed by atoms with Crippen molar-refractivity contribution in [2.45, 2.75) is 20.4 Å². The molecule has 0 unspecified atom stereocenters. The van der Waals surface area contributed by atoms with E-state index in [1.54, 1.807) is 6.92 Å². The third-order valence-electron chi connectivity index (χ3n) is 2.84. The molecule has 0 saturated heterocycles. The van der Waals surface area contributed by atoms with E-state index in [-0.39, 0.29) is 5.69 Å². The molecule has 0 spiro atoms. The predicted octanol–water partition coefficient (Wildman–Crippen LogP) is 1.80. The van der Waals surface area contributed by atoms with Gasteiger partial charge in [-0.05, 0) is 19.4 Å². The molecule has 1 heterocycles. The van der Waals surface area contributed by atoms with Crippen LogP contribution in [0.25, 0.3) is 0 Å². The summed E-state index contributed by atoms with van der Waals surface area (Å²) in [4.78, 5) is 19.9. The topological polar surface area (TPSA) is 80.9 Å². The predicted molar refractivity (Wildman–Crippen MR) is 73.8 cm³/mol. The van der Waals surface area contributed by atoms with Gasteiger partial charge in [0.15, 0.2) is 11.5 Å². The molecule has 0 aliphatic rings. The standard InChI is InChI=1S/C14H16N4O/c1-9-10(2)18-14(12(17-9)13(15)19)16-8-11-6-4-3-5-7-11/h3-7H,8H2,1-2H3,(H2,15,19)(H,16,18). The van der Waals surface area contributed by atoms with Gasteiger partial charge in [-0.2, -0.15) is 0 Å². The number of nitrogens with zero attached hydrogens (tertiary/aromatic N) is 2. The van der Waals surface area contributed by atoms with Crippen molar-refractivity contribution in [3.05, 3.63) is 53.0 Å². The Morgan fingerprint density at radius 1 is 1.16 bits per heavy atom. The molecule has 0 saturated carbocycles. The maximum Gasteiger partial charge on any atom is 0.271 e. The molecule has 1 amide bonds. The largest absolute Gasteiger partial charge is 0.364 e. The fraction of sp³-hybridized carbons (Fsp3) is 0.214. The smallest absolute Gasteiger partial charge is 0.271 e. The average Bonchev–Trinajstić information content (AvgIpc) is 2.40. The average molecular weight is 256 g/mol. The van der Waals surface area contributed by atoms with Crippen molar-refractivity contribution in [1.29, 1.82) is 0 Å². The van der Waals surface area contributed by atoms with Gasteiger partial charge in [0, 0.05) is 6.54 Å². The highest BCUT2D eigenvalue weighted by Crippen LogP contribution is 2.14. The minimum atomic E-state index is -0.578. The van der Waals surface area contributed by atoms with Crippen LogP contribution in [0.15, 0.2) is 30.3 Å². The number of amides is 1. The summed E-state index contributed by atoms with van der Waals surface area (Å²) in [5.41, 5.74) is 8.08. The van der Waals surface area contributed by atoms with Crippen molar-refractivity contribution in [2.75, 3.05) is 5.32 Å². The number of primary amides is 1. The van der Waals surface area contributed by atoms with Gasteiger partial charge in [-0.15, -0.1) is 0 Å². The van der Waals surface area contributed by atoms with Crippen LogP contribution in [0.4, 0.5) is 5.82 Å². The zero-order valence-electron chi connectivity index (χ0n) is 11.0. The Hall–Kier alpha value is -2.43. The van der Waals surface area contributed by atoms with Crippen LogP contribution in [-0.2, 0) is 6.54 Å². The molecule has 5 heteroatoms. The number of aromatic nitrogens is 2. The van der Waals surface area contributed by atoms with Gasteiger partial charge in [0.05, 0.1) is 11.4 Å². The maximum atomic E-state index is 11.4. The van der Waals surface area contributed by atoms with Gasteiger partial charge in [0.25, 0.3) is 5.91 Å². The van der Waals surface area contributed by atoms with Crippen LogP contribution in [-0.4, -0.2) is 15.9 Å². The van der Waals surface area contributed by atoms with E-state index in [2.05, 4.69) is 15.3 Å². The lowest BCUT2D eigenvalue weighted by molar-refractivity contribution is 0.0996. The number of benzene rings is 1. The highest BCUT2D eigenvalue weighted by atomic mass is 16.1. The first kappa shape index (κ1) is 13.0. The Morgan fingerprint density at radius 3 is 2.42 bits per heavy atom. The van der Waals surface area contributed by atoms with Crippen molar-refractivity contribution < 1.29 is 4.79 Å². The summed E-state index contributed by atoms with van der Waals surface area (Å²) in [6, 6.07) is 9.85. The second kappa shape index (κ2) is 5.48. The Morgan fingerprint density at radius 2 is 1.79 bits per heavy atom. The summed E-state index contributed by atoms with van der Waals surface area (Å²) in [6.07, 6.45) is 0. The van der Waals surface area contributed by atoms with E-state index >= 15 is 0 Å². The molecule has 0 fully saturated rings. The van der Waals surface area contributed by atoms with E-state index in [0.29, 0.717) is 18.1 Å². The molecule has 98 valence electrons. The number of hydrogen-bond acceptors (Lipinski definition) is 4. The van der Waals surface area contributed by atoms with Crippen molar-refractivity contribution in [3.8, 4) is 0 Å². The number of nitrogens with one attached hydrogen (secondary N) is 1.